The molecule has 1 saturated carbocycles. The summed E-state index contributed by atoms with van der Waals surface area (Å²) in [7, 11) is 0. The molecule has 0 unspecified atom stereocenters. The maximum absolute atomic E-state index is 14.7. The molecule has 1 aliphatic carbocycles. The summed E-state index contributed by atoms with van der Waals surface area (Å²) in [5, 5.41) is 13.3. The monoisotopic (exact) mass is 635 g/mol. The first-order valence-corrected chi connectivity index (χ1v) is 17.0. The molecule has 5 rings (SSSR count). The number of hydrogen-bond acceptors (Lipinski definition) is 7. The third-order valence-corrected chi connectivity index (χ3v) is 10.4. The van der Waals surface area contributed by atoms with E-state index in [1.54, 1.807) is 12.2 Å². The van der Waals surface area contributed by atoms with E-state index in [9.17, 15) is 24.3 Å². The Labute approximate surface area is 272 Å². The van der Waals surface area contributed by atoms with Crippen LogP contribution in [-0.4, -0.2) is 88.1 Å². The number of aliphatic hydroxyl groups excluding tert-OH is 1. The molecule has 3 saturated heterocycles. The Hall–Kier alpha value is -3.50. The number of fused-ring (bicyclic) bond motifs is 1. The topological polar surface area (TPSA) is 125 Å². The zero-order valence-corrected chi connectivity index (χ0v) is 27.0. The summed E-state index contributed by atoms with van der Waals surface area (Å²) >= 11 is 0. The van der Waals surface area contributed by atoms with Crippen molar-refractivity contribution in [2.24, 2.45) is 11.8 Å². The van der Waals surface area contributed by atoms with Crippen molar-refractivity contribution < 1.29 is 33.8 Å². The van der Waals surface area contributed by atoms with Crippen LogP contribution in [0.25, 0.3) is 0 Å². The summed E-state index contributed by atoms with van der Waals surface area (Å²) in [6.45, 7) is 9.56. The number of nitrogens with zero attached hydrogens (tertiary/aromatic N) is 2. The van der Waals surface area contributed by atoms with Crippen LogP contribution in [-0.2, 0) is 28.7 Å². The van der Waals surface area contributed by atoms with Crippen molar-refractivity contribution in [1.29, 1.82) is 0 Å². The number of carbonyl (C=O) groups is 4. The molecule has 4 fully saturated rings. The van der Waals surface area contributed by atoms with E-state index in [4.69, 9.17) is 9.47 Å². The average molecular weight is 636 g/mol. The zero-order chi connectivity index (χ0) is 32.8. The molecular weight excluding hydrogens is 586 g/mol. The lowest BCUT2D eigenvalue weighted by atomic mass is 9.70. The lowest BCUT2D eigenvalue weighted by Gasteiger charge is -2.42. The maximum atomic E-state index is 14.7. The van der Waals surface area contributed by atoms with E-state index in [1.165, 1.54) is 4.90 Å². The lowest BCUT2D eigenvalue weighted by Crippen LogP contribution is -2.60. The molecule has 1 aromatic carbocycles. The minimum absolute atomic E-state index is 0.0357. The van der Waals surface area contributed by atoms with Gasteiger partial charge >= 0.3 is 5.97 Å². The summed E-state index contributed by atoms with van der Waals surface area (Å²) in [6.07, 6.45) is 9.22. The first-order chi connectivity index (χ1) is 22.3. The molecule has 2 bridgehead atoms. The summed E-state index contributed by atoms with van der Waals surface area (Å²) in [6, 6.07) is 7.67. The highest BCUT2D eigenvalue weighted by molar-refractivity contribution is 5.98. The lowest BCUT2D eigenvalue weighted by molar-refractivity contribution is -0.161. The number of hydrogen-bond donors (Lipinski definition) is 2. The Kier molecular flexibility index (Phi) is 11.0. The molecule has 10 heteroatoms. The van der Waals surface area contributed by atoms with Gasteiger partial charge in [-0.1, -0.05) is 68.7 Å². The van der Waals surface area contributed by atoms with Gasteiger partial charge in [0, 0.05) is 19.0 Å². The Morgan fingerprint density at radius 3 is 2.54 bits per heavy atom. The zero-order valence-electron chi connectivity index (χ0n) is 27.0. The molecule has 3 aliphatic heterocycles. The van der Waals surface area contributed by atoms with E-state index in [0.717, 1.165) is 32.1 Å². The van der Waals surface area contributed by atoms with Crippen molar-refractivity contribution in [2.75, 3.05) is 19.7 Å². The molecule has 3 amide bonds. The number of likely N-dealkylation sites (tertiary alicyclic amines) is 1. The Morgan fingerprint density at radius 1 is 1.15 bits per heavy atom. The molecule has 3 heterocycles. The van der Waals surface area contributed by atoms with Crippen molar-refractivity contribution in [3.05, 3.63) is 61.2 Å². The normalized spacial score (nSPS) is 28.3. The van der Waals surface area contributed by atoms with Gasteiger partial charge in [0.15, 0.2) is 0 Å². The van der Waals surface area contributed by atoms with Crippen LogP contribution in [0, 0.1) is 11.8 Å². The summed E-state index contributed by atoms with van der Waals surface area (Å²) in [4.78, 5) is 59.1. The van der Waals surface area contributed by atoms with Crippen molar-refractivity contribution in [3.8, 4) is 0 Å². The number of ether oxygens (including phenoxy) is 2. The van der Waals surface area contributed by atoms with Gasteiger partial charge in [-0.05, 0) is 44.1 Å². The predicted molar refractivity (Wildman–Crippen MR) is 172 cm³/mol. The second kappa shape index (κ2) is 14.9. The highest BCUT2D eigenvalue weighted by Crippen LogP contribution is 2.59. The SMILES string of the molecule is C=CCCC(=O)NC[C@H](OC(=O)[C@@H]1[C@H]2C(=O)N([C@@H](CC)CO)[C@H](C(=O)N(CC=C)C3CCCCC3)[C@]23CC[C@H]1O3)c1ccccc1. The summed E-state index contributed by atoms with van der Waals surface area (Å²) < 4.78 is 12.8. The molecule has 0 aromatic heterocycles. The standard InChI is InChI=1S/C36H49N3O7/c1-4-7-18-29(41)37-22-28(24-14-10-8-11-15-24)45-35(44)30-27-19-20-36(46-27)31(30)33(42)39(25(6-3)23-40)32(36)34(43)38(21-5-2)26-16-12-9-13-17-26/h4-5,8,10-11,14-15,25-28,30-32,40H,1-2,6-7,9,12-13,16-23H2,3H3,(H,37,41)/t25-,27+,28-,30-,31-,32+,36-/m0/s1. The third kappa shape index (κ3) is 6.38. The fourth-order valence-corrected chi connectivity index (χ4v) is 8.20. The first-order valence-electron chi connectivity index (χ1n) is 17.0. The number of aliphatic hydroxyl groups is 1. The Morgan fingerprint density at radius 2 is 1.89 bits per heavy atom. The molecule has 0 radical (unpaired) electrons. The highest BCUT2D eigenvalue weighted by Gasteiger charge is 2.75. The van der Waals surface area contributed by atoms with Crippen molar-refractivity contribution in [1.82, 2.24) is 15.1 Å². The Bertz CT molecular complexity index is 1280. The third-order valence-electron chi connectivity index (χ3n) is 10.4. The highest BCUT2D eigenvalue weighted by atomic mass is 16.6. The number of rotatable bonds is 15. The van der Waals surface area contributed by atoms with Crippen LogP contribution < -0.4 is 5.32 Å². The quantitative estimate of drug-likeness (QED) is 0.222. The number of amides is 3. The van der Waals surface area contributed by atoms with Crippen LogP contribution in [0.4, 0.5) is 0 Å². The molecule has 1 spiro atoms. The minimum atomic E-state index is -1.19. The first kappa shape index (κ1) is 33.9. The molecule has 46 heavy (non-hydrogen) atoms. The van der Waals surface area contributed by atoms with Gasteiger partial charge in [0.2, 0.25) is 17.7 Å². The van der Waals surface area contributed by atoms with E-state index in [0.29, 0.717) is 37.8 Å². The largest absolute Gasteiger partial charge is 0.455 e. The Balaban J connectivity index is 1.45. The molecule has 10 nitrogen and oxygen atoms in total. The van der Waals surface area contributed by atoms with Crippen LogP contribution in [0.5, 0.6) is 0 Å². The van der Waals surface area contributed by atoms with Crippen molar-refractivity contribution in [3.63, 3.8) is 0 Å². The van der Waals surface area contributed by atoms with Crippen LogP contribution >= 0.6 is 0 Å². The number of esters is 1. The molecular formula is C36H49N3O7. The van der Waals surface area contributed by atoms with Crippen molar-refractivity contribution in [2.45, 2.75) is 107 Å². The number of benzene rings is 1. The molecule has 4 aliphatic rings. The van der Waals surface area contributed by atoms with Gasteiger partial charge < -0.3 is 29.7 Å². The van der Waals surface area contributed by atoms with Crippen molar-refractivity contribution >= 4 is 23.7 Å². The molecule has 2 N–H and O–H groups in total. The fraction of sp³-hybridized carbons (Fsp3) is 0.611. The van der Waals surface area contributed by atoms with E-state index >= 15 is 0 Å². The predicted octanol–water partition coefficient (Wildman–Crippen LogP) is 3.85. The maximum Gasteiger partial charge on any atom is 0.313 e. The fourth-order valence-electron chi connectivity index (χ4n) is 8.20. The second-order valence-corrected chi connectivity index (χ2v) is 13.1. The van der Waals surface area contributed by atoms with Gasteiger partial charge in [-0.25, -0.2) is 0 Å². The van der Waals surface area contributed by atoms with E-state index in [2.05, 4.69) is 18.5 Å². The van der Waals surface area contributed by atoms with Crippen LogP contribution in [0.1, 0.15) is 82.8 Å². The van der Waals surface area contributed by atoms with Gasteiger partial charge in [0.1, 0.15) is 17.7 Å². The van der Waals surface area contributed by atoms with Gasteiger partial charge in [-0.3, -0.25) is 19.2 Å². The summed E-state index contributed by atoms with van der Waals surface area (Å²) in [5.41, 5.74) is -0.481. The van der Waals surface area contributed by atoms with Gasteiger partial charge in [0.25, 0.3) is 0 Å². The van der Waals surface area contributed by atoms with E-state index in [-0.39, 0.29) is 43.3 Å². The van der Waals surface area contributed by atoms with Gasteiger partial charge in [-0.2, -0.15) is 0 Å². The van der Waals surface area contributed by atoms with E-state index in [1.807, 2.05) is 42.2 Å². The number of allylic oxidation sites excluding steroid dienone is 1. The van der Waals surface area contributed by atoms with E-state index < -0.39 is 47.7 Å². The molecule has 7 atom stereocenters. The van der Waals surface area contributed by atoms with Crippen LogP contribution in [0.15, 0.2) is 55.6 Å². The number of carbonyl (C=O) groups excluding carboxylic acids is 4. The van der Waals surface area contributed by atoms with Gasteiger partial charge in [0.05, 0.1) is 37.1 Å². The minimum Gasteiger partial charge on any atom is -0.455 e. The molecule has 250 valence electrons. The summed E-state index contributed by atoms with van der Waals surface area (Å²) in [5.74, 6) is -3.14. The van der Waals surface area contributed by atoms with Crippen LogP contribution in [0.3, 0.4) is 0 Å². The second-order valence-electron chi connectivity index (χ2n) is 13.1. The average Bonchev–Trinajstić information content (AvgIpc) is 3.73. The van der Waals surface area contributed by atoms with Crippen LogP contribution in [0.2, 0.25) is 0 Å². The molecule has 1 aromatic rings. The van der Waals surface area contributed by atoms with Gasteiger partial charge in [-0.15, -0.1) is 13.2 Å². The smallest absolute Gasteiger partial charge is 0.313 e. The number of nitrogens with one attached hydrogen (secondary N) is 1.